The molecule has 0 saturated heterocycles. The van der Waals surface area contributed by atoms with Gasteiger partial charge in [-0.05, 0) is 75.2 Å². The second-order valence-electron chi connectivity index (χ2n) is 10.7. The second kappa shape index (κ2) is 7.40. The maximum absolute atomic E-state index is 13.5. The zero-order valence-electron chi connectivity index (χ0n) is 18.4. The van der Waals surface area contributed by atoms with Gasteiger partial charge in [0.05, 0.1) is 11.1 Å². The van der Waals surface area contributed by atoms with Gasteiger partial charge in [-0.2, -0.15) is 0 Å². The van der Waals surface area contributed by atoms with Gasteiger partial charge in [0.15, 0.2) is 0 Å². The van der Waals surface area contributed by atoms with Gasteiger partial charge in [0, 0.05) is 25.2 Å². The van der Waals surface area contributed by atoms with Crippen LogP contribution < -0.4 is 5.32 Å². The molecule has 5 heteroatoms. The monoisotopic (exact) mass is 416 g/mol. The van der Waals surface area contributed by atoms with Crippen molar-refractivity contribution in [1.82, 2.24) is 14.9 Å². The van der Waals surface area contributed by atoms with E-state index in [-0.39, 0.29) is 11.3 Å². The summed E-state index contributed by atoms with van der Waals surface area (Å²) in [6.07, 6.45) is 9.83. The molecule has 4 bridgehead atoms. The Hall–Kier alpha value is -2.27. The van der Waals surface area contributed by atoms with Crippen molar-refractivity contribution in [2.24, 2.45) is 23.2 Å². The average Bonchev–Trinajstić information content (AvgIpc) is 2.73. The highest BCUT2D eigenvalue weighted by molar-refractivity contribution is 5.95. The number of carbonyl (C=O) groups is 1. The number of rotatable bonds is 4. The smallest absolute Gasteiger partial charge is 0.231 e. The molecule has 0 atom stereocenters. The van der Waals surface area contributed by atoms with Gasteiger partial charge in [-0.1, -0.05) is 29.8 Å². The minimum atomic E-state index is -0.140. The van der Waals surface area contributed by atoms with Gasteiger partial charge < -0.3 is 5.32 Å². The summed E-state index contributed by atoms with van der Waals surface area (Å²) < 4.78 is 0. The molecule has 0 unspecified atom stereocenters. The molecule has 4 aliphatic carbocycles. The summed E-state index contributed by atoms with van der Waals surface area (Å²) in [5, 5.41) is 3.29. The summed E-state index contributed by atoms with van der Waals surface area (Å²) in [7, 11) is 0. The maximum Gasteiger partial charge on any atom is 0.231 e. The molecular weight excluding hydrogens is 384 g/mol. The number of carbonyl (C=O) groups excluding carboxylic acids is 1. The van der Waals surface area contributed by atoms with Gasteiger partial charge in [0.1, 0.15) is 12.1 Å². The standard InChI is InChI=1S/C26H32N4O/c1-17-3-2-4-18(7-17)14-30-6-5-22-23(15-30)27-16-28-24(22)29-25(31)26-11-19-8-20(12-26)10-21(9-19)13-26/h2-4,7,16,19-21H,5-6,8-15H2,1H3,(H,27,28,29,31). The largest absolute Gasteiger partial charge is 0.310 e. The highest BCUT2D eigenvalue weighted by Crippen LogP contribution is 2.60. The van der Waals surface area contributed by atoms with E-state index < -0.39 is 0 Å². The summed E-state index contributed by atoms with van der Waals surface area (Å²) in [5.41, 5.74) is 4.70. The predicted octanol–water partition coefficient (Wildman–Crippen LogP) is 4.50. The molecule has 5 nitrogen and oxygen atoms in total. The number of hydrogen-bond donors (Lipinski definition) is 1. The Morgan fingerprint density at radius 1 is 1.13 bits per heavy atom. The van der Waals surface area contributed by atoms with Crippen LogP contribution in [0, 0.1) is 30.1 Å². The molecule has 0 spiro atoms. The first-order valence-corrected chi connectivity index (χ1v) is 12.0. The van der Waals surface area contributed by atoms with E-state index in [2.05, 4.69) is 51.4 Å². The molecule has 2 heterocycles. The quantitative estimate of drug-likeness (QED) is 0.797. The molecule has 4 fully saturated rings. The Labute approximate surface area is 184 Å². The number of fused-ring (bicyclic) bond motifs is 1. The first-order valence-electron chi connectivity index (χ1n) is 12.0. The third-order valence-corrected chi connectivity index (χ3v) is 8.33. The van der Waals surface area contributed by atoms with Crippen LogP contribution in [0.3, 0.4) is 0 Å². The number of aromatic nitrogens is 2. The van der Waals surface area contributed by atoms with Crippen LogP contribution in [0.15, 0.2) is 30.6 Å². The third kappa shape index (κ3) is 3.57. The van der Waals surface area contributed by atoms with E-state index in [0.717, 1.165) is 80.1 Å². The summed E-state index contributed by atoms with van der Waals surface area (Å²) >= 11 is 0. The van der Waals surface area contributed by atoms with Crippen LogP contribution >= 0.6 is 0 Å². The molecule has 1 aromatic carbocycles. The zero-order valence-corrected chi connectivity index (χ0v) is 18.4. The molecule has 1 aromatic heterocycles. The molecule has 0 radical (unpaired) electrons. The van der Waals surface area contributed by atoms with Crippen molar-refractivity contribution >= 4 is 11.7 Å². The first kappa shape index (κ1) is 19.4. The Bertz CT molecular complexity index is 981. The van der Waals surface area contributed by atoms with Gasteiger partial charge in [0.2, 0.25) is 5.91 Å². The van der Waals surface area contributed by atoms with Crippen molar-refractivity contribution < 1.29 is 4.79 Å². The lowest BCUT2D eigenvalue weighted by atomic mass is 9.49. The van der Waals surface area contributed by atoms with Gasteiger partial charge >= 0.3 is 0 Å². The molecule has 7 rings (SSSR count). The fraction of sp³-hybridized carbons (Fsp3) is 0.577. The van der Waals surface area contributed by atoms with Gasteiger partial charge in [-0.25, -0.2) is 9.97 Å². The topological polar surface area (TPSA) is 58.1 Å². The lowest BCUT2D eigenvalue weighted by Gasteiger charge is -2.55. The number of benzene rings is 1. The van der Waals surface area contributed by atoms with Gasteiger partial charge in [-0.3, -0.25) is 9.69 Å². The van der Waals surface area contributed by atoms with E-state index in [1.165, 1.54) is 30.4 Å². The normalized spacial score (nSPS) is 31.5. The highest BCUT2D eigenvalue weighted by Gasteiger charge is 2.54. The van der Waals surface area contributed by atoms with Crippen LogP contribution in [0.2, 0.25) is 0 Å². The molecule has 1 amide bonds. The fourth-order valence-electron chi connectivity index (χ4n) is 7.35. The number of nitrogens with one attached hydrogen (secondary N) is 1. The Kier molecular flexibility index (Phi) is 4.64. The lowest BCUT2D eigenvalue weighted by molar-refractivity contribution is -0.140. The van der Waals surface area contributed by atoms with Crippen molar-refractivity contribution in [2.75, 3.05) is 11.9 Å². The first-order chi connectivity index (χ1) is 15.1. The molecule has 1 aliphatic heterocycles. The maximum atomic E-state index is 13.5. The van der Waals surface area contributed by atoms with Crippen LogP contribution in [0.5, 0.6) is 0 Å². The summed E-state index contributed by atoms with van der Waals surface area (Å²) in [6.45, 7) is 4.85. The molecule has 5 aliphatic rings. The lowest BCUT2D eigenvalue weighted by Crippen LogP contribution is -2.52. The summed E-state index contributed by atoms with van der Waals surface area (Å²) in [6, 6.07) is 8.72. The number of nitrogens with zero attached hydrogens (tertiary/aromatic N) is 3. The molecule has 31 heavy (non-hydrogen) atoms. The fourth-order valence-corrected chi connectivity index (χ4v) is 7.35. The molecule has 162 valence electrons. The summed E-state index contributed by atoms with van der Waals surface area (Å²) in [5.74, 6) is 3.31. The molecular formula is C26H32N4O. The van der Waals surface area contributed by atoms with Crippen LogP contribution in [0.25, 0.3) is 0 Å². The van der Waals surface area contributed by atoms with Crippen molar-refractivity contribution in [3.05, 3.63) is 53.0 Å². The van der Waals surface area contributed by atoms with E-state index >= 15 is 0 Å². The van der Waals surface area contributed by atoms with Crippen molar-refractivity contribution in [3.8, 4) is 0 Å². The van der Waals surface area contributed by atoms with Crippen LogP contribution in [-0.2, 0) is 24.3 Å². The van der Waals surface area contributed by atoms with E-state index in [4.69, 9.17) is 0 Å². The van der Waals surface area contributed by atoms with E-state index in [9.17, 15) is 4.79 Å². The minimum Gasteiger partial charge on any atom is -0.310 e. The molecule has 1 N–H and O–H groups in total. The molecule has 4 saturated carbocycles. The third-order valence-electron chi connectivity index (χ3n) is 8.33. The van der Waals surface area contributed by atoms with Crippen LogP contribution in [0.1, 0.15) is 60.9 Å². The Morgan fingerprint density at radius 2 is 1.87 bits per heavy atom. The number of anilines is 1. The summed E-state index contributed by atoms with van der Waals surface area (Å²) in [4.78, 5) is 25.1. The van der Waals surface area contributed by atoms with Gasteiger partial charge in [0.25, 0.3) is 0 Å². The van der Waals surface area contributed by atoms with Crippen molar-refractivity contribution in [3.63, 3.8) is 0 Å². The predicted molar refractivity (Wildman–Crippen MR) is 120 cm³/mol. The van der Waals surface area contributed by atoms with E-state index in [0.29, 0.717) is 0 Å². The van der Waals surface area contributed by atoms with E-state index in [1.807, 2.05) is 0 Å². The number of aryl methyl sites for hydroxylation is 1. The van der Waals surface area contributed by atoms with E-state index in [1.54, 1.807) is 6.33 Å². The highest BCUT2D eigenvalue weighted by atomic mass is 16.2. The second-order valence-corrected chi connectivity index (χ2v) is 10.7. The van der Waals surface area contributed by atoms with Crippen LogP contribution in [0.4, 0.5) is 5.82 Å². The van der Waals surface area contributed by atoms with Crippen molar-refractivity contribution in [1.29, 1.82) is 0 Å². The minimum absolute atomic E-state index is 0.140. The zero-order chi connectivity index (χ0) is 21.0. The molecule has 2 aromatic rings. The van der Waals surface area contributed by atoms with Gasteiger partial charge in [-0.15, -0.1) is 0 Å². The van der Waals surface area contributed by atoms with Crippen molar-refractivity contribution in [2.45, 2.75) is 65.0 Å². The average molecular weight is 417 g/mol. The Morgan fingerprint density at radius 3 is 2.58 bits per heavy atom. The number of amides is 1. The Balaban J connectivity index is 1.18. The van der Waals surface area contributed by atoms with Crippen LogP contribution in [-0.4, -0.2) is 27.3 Å². The number of hydrogen-bond acceptors (Lipinski definition) is 4. The SMILES string of the molecule is Cc1cccc(CN2CCc3c(ncnc3NC(=O)C34CC5CC(CC(C5)C3)C4)C2)c1.